The summed E-state index contributed by atoms with van der Waals surface area (Å²) >= 11 is 1.70. The number of amides is 1. The molecular weight excluding hydrogens is 468 g/mol. The van der Waals surface area contributed by atoms with Crippen molar-refractivity contribution < 1.29 is 13.2 Å². The highest BCUT2D eigenvalue weighted by atomic mass is 32.2. The molecule has 9 heteroatoms. The maximum Gasteiger partial charge on any atom is 0.250 e. The lowest BCUT2D eigenvalue weighted by molar-refractivity contribution is 0.100. The fourth-order valence-corrected chi connectivity index (χ4v) is 7.39. The minimum Gasteiger partial charge on any atom is -0.366 e. The van der Waals surface area contributed by atoms with Crippen molar-refractivity contribution in [3.63, 3.8) is 0 Å². The number of likely N-dealkylation sites (tertiary alicyclic amines) is 1. The number of benzene rings is 1. The highest BCUT2D eigenvalue weighted by molar-refractivity contribution is 7.89. The van der Waals surface area contributed by atoms with Gasteiger partial charge in [0.2, 0.25) is 10.0 Å². The molecule has 0 unspecified atom stereocenters. The van der Waals surface area contributed by atoms with E-state index in [1.165, 1.54) is 18.4 Å². The van der Waals surface area contributed by atoms with E-state index < -0.39 is 15.9 Å². The molecule has 34 heavy (non-hydrogen) atoms. The predicted octanol–water partition coefficient (Wildman–Crippen LogP) is 4.12. The molecule has 0 aliphatic carbocycles. The van der Waals surface area contributed by atoms with Crippen LogP contribution in [0.2, 0.25) is 0 Å². The third kappa shape index (κ3) is 4.54. The third-order valence-electron chi connectivity index (χ3n) is 7.28. The maximum absolute atomic E-state index is 12.3. The van der Waals surface area contributed by atoms with Crippen LogP contribution in [0.1, 0.15) is 60.0 Å². The van der Waals surface area contributed by atoms with Crippen LogP contribution in [0.15, 0.2) is 29.8 Å². The van der Waals surface area contributed by atoms with Crippen molar-refractivity contribution in [3.8, 4) is 10.4 Å². The number of rotatable bonds is 7. The molecule has 1 amide bonds. The van der Waals surface area contributed by atoms with Crippen molar-refractivity contribution in [1.29, 1.82) is 0 Å². The van der Waals surface area contributed by atoms with Gasteiger partial charge in [-0.05, 0) is 91.9 Å². The number of nitrogens with zero attached hydrogens (tertiary/aromatic N) is 2. The fraction of sp³-hybridized carbons (Fsp3) is 0.480. The number of aromatic nitrogens is 1. The Morgan fingerprint density at radius 1 is 1.15 bits per heavy atom. The average Bonchev–Trinajstić information content (AvgIpc) is 3.60. The number of thiophene rings is 1. The van der Waals surface area contributed by atoms with E-state index in [9.17, 15) is 13.2 Å². The number of sulfonamides is 1. The standard InChI is InChI=1S/C25H32N4O3S2/c1-2-34(31,32)29-9-5-18(6-10-29)22-14-27-24-20(22)12-19(13-21(24)25(26)30)23-11-17(16-33-23)15-28-7-3-4-8-28/h11-14,16,18,27H,2-10,15H2,1H3,(H2,26,30). The van der Waals surface area contributed by atoms with Crippen LogP contribution in [-0.4, -0.2) is 60.4 Å². The van der Waals surface area contributed by atoms with Crippen molar-refractivity contribution >= 4 is 38.2 Å². The summed E-state index contributed by atoms with van der Waals surface area (Å²) in [6, 6.07) is 6.29. The quantitative estimate of drug-likeness (QED) is 0.510. The summed E-state index contributed by atoms with van der Waals surface area (Å²) < 4.78 is 26.1. The summed E-state index contributed by atoms with van der Waals surface area (Å²) in [7, 11) is -3.16. The van der Waals surface area contributed by atoms with Gasteiger partial charge in [-0.1, -0.05) is 0 Å². The van der Waals surface area contributed by atoms with Gasteiger partial charge in [-0.25, -0.2) is 12.7 Å². The Kier molecular flexibility index (Phi) is 6.54. The van der Waals surface area contributed by atoms with Crippen molar-refractivity contribution in [3.05, 3.63) is 46.5 Å². The van der Waals surface area contributed by atoms with Crippen LogP contribution >= 0.6 is 11.3 Å². The lowest BCUT2D eigenvalue weighted by atomic mass is 9.89. The molecule has 3 N–H and O–H groups in total. The van der Waals surface area contributed by atoms with Gasteiger partial charge in [0, 0.05) is 36.1 Å². The monoisotopic (exact) mass is 500 g/mol. The first-order valence-electron chi connectivity index (χ1n) is 12.1. The molecule has 3 aromatic rings. The number of primary amides is 1. The highest BCUT2D eigenvalue weighted by Crippen LogP contribution is 2.38. The molecule has 2 aromatic heterocycles. The molecule has 4 heterocycles. The number of carbonyl (C=O) groups is 1. The van der Waals surface area contributed by atoms with E-state index in [1.807, 2.05) is 12.3 Å². The molecule has 0 spiro atoms. The number of carbonyl (C=O) groups excluding carboxylic acids is 1. The number of nitrogens with one attached hydrogen (secondary N) is 1. The first kappa shape index (κ1) is 23.5. The summed E-state index contributed by atoms with van der Waals surface area (Å²) in [5, 5.41) is 3.22. The molecule has 2 fully saturated rings. The normalized spacial score (nSPS) is 18.7. The zero-order chi connectivity index (χ0) is 23.9. The minimum absolute atomic E-state index is 0.136. The van der Waals surface area contributed by atoms with Crippen molar-refractivity contribution in [1.82, 2.24) is 14.2 Å². The molecule has 2 saturated heterocycles. The topological polar surface area (TPSA) is 99.5 Å². The molecule has 0 bridgehead atoms. The largest absolute Gasteiger partial charge is 0.366 e. The van der Waals surface area contributed by atoms with E-state index in [0.717, 1.165) is 59.4 Å². The van der Waals surface area contributed by atoms with E-state index in [4.69, 9.17) is 5.73 Å². The molecular formula is C25H32N4O3S2. The number of hydrogen-bond donors (Lipinski definition) is 2. The van der Waals surface area contributed by atoms with Gasteiger partial charge in [0.15, 0.2) is 0 Å². The van der Waals surface area contributed by atoms with E-state index in [-0.39, 0.29) is 11.7 Å². The molecule has 0 atom stereocenters. The van der Waals surface area contributed by atoms with Crippen LogP contribution in [0.25, 0.3) is 21.3 Å². The first-order valence-corrected chi connectivity index (χ1v) is 14.6. The van der Waals surface area contributed by atoms with Gasteiger partial charge in [0.1, 0.15) is 0 Å². The summed E-state index contributed by atoms with van der Waals surface area (Å²) in [6.45, 7) is 6.04. The highest BCUT2D eigenvalue weighted by Gasteiger charge is 2.29. The van der Waals surface area contributed by atoms with Crippen molar-refractivity contribution in [2.75, 3.05) is 31.9 Å². The number of hydrogen-bond acceptors (Lipinski definition) is 5. The minimum atomic E-state index is -3.16. The average molecular weight is 501 g/mol. The van der Waals surface area contributed by atoms with Gasteiger partial charge >= 0.3 is 0 Å². The SMILES string of the molecule is CCS(=O)(=O)N1CCC(c2c[nH]c3c(C(N)=O)cc(-c4cc(CN5CCCC5)cs4)cc23)CC1. The van der Waals surface area contributed by atoms with Gasteiger partial charge in [0.25, 0.3) is 5.91 Å². The fourth-order valence-electron chi connectivity index (χ4n) is 5.36. The van der Waals surface area contributed by atoms with Gasteiger partial charge in [-0.15, -0.1) is 11.3 Å². The van der Waals surface area contributed by atoms with E-state index >= 15 is 0 Å². The molecule has 2 aliphatic rings. The summed E-state index contributed by atoms with van der Waals surface area (Å²) in [4.78, 5) is 19.2. The molecule has 7 nitrogen and oxygen atoms in total. The van der Waals surface area contributed by atoms with Gasteiger partial charge in [-0.3, -0.25) is 9.69 Å². The number of nitrogens with two attached hydrogens (primary N) is 1. The first-order chi connectivity index (χ1) is 16.4. The number of H-pyrrole nitrogens is 1. The van der Waals surface area contributed by atoms with Gasteiger partial charge < -0.3 is 10.7 Å². The second-order valence-corrected chi connectivity index (χ2v) is 12.6. The van der Waals surface area contributed by atoms with Crippen LogP contribution < -0.4 is 5.73 Å². The summed E-state index contributed by atoms with van der Waals surface area (Å²) in [6.07, 6.45) is 6.05. The van der Waals surface area contributed by atoms with Crippen molar-refractivity contribution in [2.45, 2.75) is 45.1 Å². The molecule has 2 aliphatic heterocycles. The van der Waals surface area contributed by atoms with Crippen LogP contribution in [0.3, 0.4) is 0 Å². The number of piperidine rings is 1. The Bertz CT molecular complexity index is 1300. The van der Waals surface area contributed by atoms with E-state index in [0.29, 0.717) is 18.7 Å². The Morgan fingerprint density at radius 2 is 1.88 bits per heavy atom. The van der Waals surface area contributed by atoms with E-state index in [1.54, 1.807) is 22.6 Å². The zero-order valence-electron chi connectivity index (χ0n) is 19.5. The molecule has 0 radical (unpaired) electrons. The van der Waals surface area contributed by atoms with E-state index in [2.05, 4.69) is 27.4 Å². The lowest BCUT2D eigenvalue weighted by Gasteiger charge is -2.31. The van der Waals surface area contributed by atoms with Crippen LogP contribution in [0.4, 0.5) is 0 Å². The molecule has 5 rings (SSSR count). The second-order valence-electron chi connectivity index (χ2n) is 9.43. The van der Waals surface area contributed by atoms with Gasteiger partial charge in [-0.2, -0.15) is 0 Å². The van der Waals surface area contributed by atoms with Crippen LogP contribution in [-0.2, 0) is 16.6 Å². The molecule has 1 aromatic carbocycles. The zero-order valence-corrected chi connectivity index (χ0v) is 21.2. The van der Waals surface area contributed by atoms with Gasteiger partial charge in [0.05, 0.1) is 16.8 Å². The smallest absolute Gasteiger partial charge is 0.250 e. The Labute approximate surface area is 205 Å². The predicted molar refractivity (Wildman–Crippen MR) is 138 cm³/mol. The van der Waals surface area contributed by atoms with Crippen LogP contribution in [0, 0.1) is 0 Å². The van der Waals surface area contributed by atoms with Crippen LogP contribution in [0.5, 0.6) is 0 Å². The Hall–Kier alpha value is -2.20. The number of fused-ring (bicyclic) bond motifs is 1. The Morgan fingerprint density at radius 3 is 2.56 bits per heavy atom. The third-order valence-corrected chi connectivity index (χ3v) is 10.2. The Balaban J connectivity index is 1.45. The lowest BCUT2D eigenvalue weighted by Crippen LogP contribution is -2.38. The molecule has 0 saturated carbocycles. The number of aromatic amines is 1. The second kappa shape index (κ2) is 9.45. The maximum atomic E-state index is 12.3. The van der Waals surface area contributed by atoms with Crippen molar-refractivity contribution in [2.24, 2.45) is 5.73 Å². The summed E-state index contributed by atoms with van der Waals surface area (Å²) in [5.41, 5.74) is 10.5. The molecule has 182 valence electrons. The summed E-state index contributed by atoms with van der Waals surface area (Å²) in [5.74, 6) is -0.0727.